The molecule has 1 aromatic carbocycles. The molecule has 1 N–H and O–H groups in total. The Balaban J connectivity index is 1.90. The van der Waals surface area contributed by atoms with E-state index in [4.69, 9.17) is 0 Å². The first-order valence-corrected chi connectivity index (χ1v) is 6.79. The number of imidazole rings is 1. The molecule has 0 aliphatic carbocycles. The fourth-order valence-corrected chi connectivity index (χ4v) is 3.01. The first-order valence-electron chi connectivity index (χ1n) is 5.80. The number of fused-ring (bicyclic) bond motifs is 1. The molecule has 1 aromatic heterocycles. The van der Waals surface area contributed by atoms with Gasteiger partial charge in [-0.15, -0.1) is 0 Å². The van der Waals surface area contributed by atoms with E-state index in [1.165, 1.54) is 6.92 Å². The van der Waals surface area contributed by atoms with E-state index in [1.807, 2.05) is 30.5 Å². The Bertz CT molecular complexity index is 589. The fraction of sp³-hybridized carbons (Fsp3) is 0.231. The van der Waals surface area contributed by atoms with E-state index in [2.05, 4.69) is 14.9 Å². The molecule has 2 aromatic rings. The summed E-state index contributed by atoms with van der Waals surface area (Å²) < 4.78 is 2.23. The van der Waals surface area contributed by atoms with Gasteiger partial charge in [0.05, 0.1) is 11.9 Å². The molecule has 18 heavy (non-hydrogen) atoms. The van der Waals surface area contributed by atoms with Gasteiger partial charge in [0.15, 0.2) is 5.16 Å². The molecule has 3 rings (SSSR count). The molecule has 0 saturated heterocycles. The summed E-state index contributed by atoms with van der Waals surface area (Å²) in [5.74, 6) is 1.05. The van der Waals surface area contributed by atoms with Crippen molar-refractivity contribution in [2.45, 2.75) is 18.6 Å². The molecule has 92 valence electrons. The van der Waals surface area contributed by atoms with Gasteiger partial charge in [0, 0.05) is 24.9 Å². The number of amides is 1. The molecule has 5 heteroatoms. The molecule has 0 spiro atoms. The van der Waals surface area contributed by atoms with Crippen LogP contribution in [0, 0.1) is 0 Å². The van der Waals surface area contributed by atoms with Crippen LogP contribution in [-0.4, -0.2) is 21.2 Å². The molecule has 0 unspecified atom stereocenters. The van der Waals surface area contributed by atoms with E-state index < -0.39 is 0 Å². The van der Waals surface area contributed by atoms with Crippen LogP contribution in [0.1, 0.15) is 6.92 Å². The van der Waals surface area contributed by atoms with Crippen LogP contribution in [0.3, 0.4) is 0 Å². The van der Waals surface area contributed by atoms with E-state index in [9.17, 15) is 4.79 Å². The summed E-state index contributed by atoms with van der Waals surface area (Å²) in [6.07, 6.45) is 1.91. The van der Waals surface area contributed by atoms with Crippen LogP contribution < -0.4 is 5.32 Å². The first kappa shape index (κ1) is 11.3. The number of hydrogen-bond donors (Lipinski definition) is 1. The number of hydrogen-bond acceptors (Lipinski definition) is 3. The summed E-state index contributed by atoms with van der Waals surface area (Å²) in [7, 11) is 0. The van der Waals surface area contributed by atoms with Gasteiger partial charge in [-0.1, -0.05) is 23.9 Å². The van der Waals surface area contributed by atoms with Crippen molar-refractivity contribution < 1.29 is 4.79 Å². The summed E-state index contributed by atoms with van der Waals surface area (Å²) in [5, 5.41) is 3.86. The second kappa shape index (κ2) is 4.49. The van der Waals surface area contributed by atoms with Crippen LogP contribution in [0.5, 0.6) is 0 Å². The van der Waals surface area contributed by atoms with Crippen LogP contribution in [0.15, 0.2) is 35.6 Å². The Kier molecular flexibility index (Phi) is 2.83. The second-order valence-electron chi connectivity index (χ2n) is 4.18. The highest BCUT2D eigenvalue weighted by Crippen LogP contribution is 2.31. The van der Waals surface area contributed by atoms with Crippen molar-refractivity contribution in [3.63, 3.8) is 0 Å². The van der Waals surface area contributed by atoms with Crippen LogP contribution in [0.4, 0.5) is 5.69 Å². The predicted molar refractivity (Wildman–Crippen MR) is 72.7 cm³/mol. The molecular formula is C13H13N3OS. The monoisotopic (exact) mass is 259 g/mol. The molecule has 1 aliphatic rings. The van der Waals surface area contributed by atoms with Crippen molar-refractivity contribution in [1.29, 1.82) is 0 Å². The predicted octanol–water partition coefficient (Wildman–Crippen LogP) is 2.61. The third kappa shape index (κ3) is 2.01. The van der Waals surface area contributed by atoms with Crippen molar-refractivity contribution in [1.82, 2.24) is 9.55 Å². The zero-order valence-corrected chi connectivity index (χ0v) is 10.8. The topological polar surface area (TPSA) is 46.9 Å². The van der Waals surface area contributed by atoms with Crippen LogP contribution in [-0.2, 0) is 11.3 Å². The Morgan fingerprint density at radius 1 is 1.39 bits per heavy atom. The van der Waals surface area contributed by atoms with Gasteiger partial charge in [-0.3, -0.25) is 4.79 Å². The molecule has 0 atom stereocenters. The Morgan fingerprint density at radius 3 is 2.89 bits per heavy atom. The minimum absolute atomic E-state index is 0.0515. The van der Waals surface area contributed by atoms with Gasteiger partial charge in [0.1, 0.15) is 0 Å². The van der Waals surface area contributed by atoms with Gasteiger partial charge in [-0.05, 0) is 17.7 Å². The van der Waals surface area contributed by atoms with Crippen LogP contribution in [0.25, 0.3) is 11.3 Å². The second-order valence-corrected chi connectivity index (χ2v) is 5.25. The summed E-state index contributed by atoms with van der Waals surface area (Å²) in [6.45, 7) is 2.53. The standard InChI is InChI=1S/C13H13N3OS/c1-9(17)15-11-4-2-10(3-5-11)12-8-14-13-16(12)6-7-18-13/h2-5,8H,6-7H2,1H3,(H,15,17). The van der Waals surface area contributed by atoms with E-state index in [0.29, 0.717) is 0 Å². The van der Waals surface area contributed by atoms with Gasteiger partial charge >= 0.3 is 0 Å². The van der Waals surface area contributed by atoms with E-state index in [1.54, 1.807) is 11.8 Å². The molecule has 1 amide bonds. The lowest BCUT2D eigenvalue weighted by Crippen LogP contribution is -2.05. The lowest BCUT2D eigenvalue weighted by Gasteiger charge is -2.06. The smallest absolute Gasteiger partial charge is 0.221 e. The summed E-state index contributed by atoms with van der Waals surface area (Å²) >= 11 is 1.79. The number of thioether (sulfide) groups is 1. The van der Waals surface area contributed by atoms with E-state index in [0.717, 1.165) is 34.4 Å². The number of aromatic nitrogens is 2. The zero-order chi connectivity index (χ0) is 12.5. The van der Waals surface area contributed by atoms with Crippen LogP contribution in [0.2, 0.25) is 0 Å². The first-order chi connectivity index (χ1) is 8.74. The van der Waals surface area contributed by atoms with E-state index >= 15 is 0 Å². The van der Waals surface area contributed by atoms with Crippen molar-refractivity contribution >= 4 is 23.4 Å². The maximum absolute atomic E-state index is 11.0. The molecular weight excluding hydrogens is 246 g/mol. The SMILES string of the molecule is CC(=O)Nc1ccc(-c2cnc3n2CCS3)cc1. The van der Waals surface area contributed by atoms with E-state index in [-0.39, 0.29) is 5.91 Å². The number of nitrogens with zero attached hydrogens (tertiary/aromatic N) is 2. The van der Waals surface area contributed by atoms with Crippen molar-refractivity contribution in [2.75, 3.05) is 11.1 Å². The molecule has 2 heterocycles. The fourth-order valence-electron chi connectivity index (χ4n) is 2.08. The highest BCUT2D eigenvalue weighted by Gasteiger charge is 2.16. The number of nitrogens with one attached hydrogen (secondary N) is 1. The van der Waals surface area contributed by atoms with Crippen molar-refractivity contribution in [3.8, 4) is 11.3 Å². The highest BCUT2D eigenvalue weighted by molar-refractivity contribution is 7.99. The largest absolute Gasteiger partial charge is 0.326 e. The third-order valence-electron chi connectivity index (χ3n) is 2.87. The molecule has 0 fully saturated rings. The Labute approximate surface area is 109 Å². The number of anilines is 1. The Hall–Kier alpha value is -1.75. The number of carbonyl (C=O) groups excluding carboxylic acids is 1. The van der Waals surface area contributed by atoms with Crippen molar-refractivity contribution in [3.05, 3.63) is 30.5 Å². The zero-order valence-electron chi connectivity index (χ0n) is 10.0. The maximum atomic E-state index is 11.0. The van der Waals surface area contributed by atoms with Gasteiger partial charge in [0.2, 0.25) is 5.91 Å². The minimum Gasteiger partial charge on any atom is -0.326 e. The summed E-state index contributed by atoms with van der Waals surface area (Å²) in [4.78, 5) is 15.4. The van der Waals surface area contributed by atoms with Crippen LogP contribution >= 0.6 is 11.8 Å². The molecule has 4 nitrogen and oxygen atoms in total. The number of rotatable bonds is 2. The maximum Gasteiger partial charge on any atom is 0.221 e. The highest BCUT2D eigenvalue weighted by atomic mass is 32.2. The lowest BCUT2D eigenvalue weighted by molar-refractivity contribution is -0.114. The summed E-state index contributed by atoms with van der Waals surface area (Å²) in [5.41, 5.74) is 3.09. The van der Waals surface area contributed by atoms with Crippen molar-refractivity contribution in [2.24, 2.45) is 0 Å². The minimum atomic E-state index is -0.0515. The molecule has 0 radical (unpaired) electrons. The average molecular weight is 259 g/mol. The number of benzene rings is 1. The number of carbonyl (C=O) groups is 1. The van der Waals surface area contributed by atoms with Gasteiger partial charge < -0.3 is 9.88 Å². The van der Waals surface area contributed by atoms with Gasteiger partial charge in [0.25, 0.3) is 0 Å². The van der Waals surface area contributed by atoms with Gasteiger partial charge in [-0.25, -0.2) is 4.98 Å². The molecule has 0 bridgehead atoms. The summed E-state index contributed by atoms with van der Waals surface area (Å²) in [6, 6.07) is 7.86. The third-order valence-corrected chi connectivity index (χ3v) is 3.84. The lowest BCUT2D eigenvalue weighted by atomic mass is 10.1. The molecule has 1 aliphatic heterocycles. The quantitative estimate of drug-likeness (QED) is 0.901. The van der Waals surface area contributed by atoms with Gasteiger partial charge in [-0.2, -0.15) is 0 Å². The molecule has 0 saturated carbocycles. The Morgan fingerprint density at radius 2 is 2.17 bits per heavy atom. The average Bonchev–Trinajstić information content (AvgIpc) is 2.91. The normalized spacial score (nSPS) is 13.4.